The van der Waals surface area contributed by atoms with E-state index in [9.17, 15) is 4.79 Å². The third kappa shape index (κ3) is 4.57. The van der Waals surface area contributed by atoms with E-state index in [1.54, 1.807) is 16.9 Å². The van der Waals surface area contributed by atoms with Crippen molar-refractivity contribution in [2.24, 2.45) is 0 Å². The van der Waals surface area contributed by atoms with Crippen molar-refractivity contribution in [2.45, 2.75) is 50.6 Å². The Hall–Kier alpha value is -2.61. The van der Waals surface area contributed by atoms with Gasteiger partial charge in [-0.05, 0) is 32.8 Å². The van der Waals surface area contributed by atoms with E-state index in [-0.39, 0.29) is 17.2 Å². The van der Waals surface area contributed by atoms with Gasteiger partial charge >= 0.3 is 0 Å². The normalized spacial score (nSPS) is 12.3. The van der Waals surface area contributed by atoms with E-state index in [0.29, 0.717) is 16.8 Å². The Labute approximate surface area is 163 Å². The third-order valence-electron chi connectivity index (χ3n) is 4.16. The predicted molar refractivity (Wildman–Crippen MR) is 108 cm³/mol. The van der Waals surface area contributed by atoms with E-state index in [4.69, 9.17) is 0 Å². The topological polar surface area (TPSA) is 88.5 Å². The van der Waals surface area contributed by atoms with Crippen LogP contribution in [0.25, 0.3) is 11.4 Å². The average Bonchev–Trinajstić information content (AvgIpc) is 3.31. The first-order valence-corrected chi connectivity index (χ1v) is 9.88. The van der Waals surface area contributed by atoms with Crippen LogP contribution < -0.4 is 5.32 Å². The predicted octanol–water partition coefficient (Wildman–Crippen LogP) is 3.93. The number of carbonyl (C=O) groups is 1. The fourth-order valence-electron chi connectivity index (χ4n) is 2.59. The summed E-state index contributed by atoms with van der Waals surface area (Å²) in [6.07, 6.45) is 2.68. The van der Waals surface area contributed by atoms with E-state index in [2.05, 4.69) is 44.7 Å². The number of H-pyrrole nitrogens is 1. The van der Waals surface area contributed by atoms with Gasteiger partial charge in [-0.25, -0.2) is 9.67 Å². The Kier molecular flexibility index (Phi) is 5.95. The molecule has 3 rings (SSSR count). The number of aromatic amines is 1. The molecule has 0 aliphatic carbocycles. The van der Waals surface area contributed by atoms with Crippen LogP contribution in [-0.2, 0) is 11.2 Å². The maximum absolute atomic E-state index is 12.5. The summed E-state index contributed by atoms with van der Waals surface area (Å²) < 4.78 is 1.78. The molecule has 0 spiro atoms. The summed E-state index contributed by atoms with van der Waals surface area (Å²) >= 11 is 1.32. The number of amides is 1. The van der Waals surface area contributed by atoms with Crippen molar-refractivity contribution in [3.63, 3.8) is 0 Å². The van der Waals surface area contributed by atoms with Crippen molar-refractivity contribution in [2.75, 3.05) is 5.32 Å². The largest absolute Gasteiger partial charge is 0.310 e. The summed E-state index contributed by atoms with van der Waals surface area (Å²) in [4.78, 5) is 17.0. The first-order valence-electron chi connectivity index (χ1n) is 9.00. The van der Waals surface area contributed by atoms with Crippen molar-refractivity contribution in [1.29, 1.82) is 0 Å². The number of benzene rings is 1. The highest BCUT2D eigenvalue weighted by Crippen LogP contribution is 2.24. The summed E-state index contributed by atoms with van der Waals surface area (Å²) in [5, 5.41) is 14.5. The monoisotopic (exact) mass is 384 g/mol. The summed E-state index contributed by atoms with van der Waals surface area (Å²) in [6.45, 7) is 7.99. The van der Waals surface area contributed by atoms with Crippen LogP contribution in [0, 0.1) is 0 Å². The van der Waals surface area contributed by atoms with Gasteiger partial charge < -0.3 is 5.32 Å². The standard InChI is InChI=1S/C19H24N6OS/c1-5-14-6-8-15(9-7-14)17-22-19(24-23-17)27-13(4)18(26)21-16-10-11-20-25(16)12(2)3/h6-13H,5H2,1-4H3,(H,21,26)(H,22,23,24)/t13-/m1/s1. The van der Waals surface area contributed by atoms with Crippen LogP contribution in [0.15, 0.2) is 41.7 Å². The second kappa shape index (κ2) is 8.39. The van der Waals surface area contributed by atoms with Gasteiger partial charge in [-0.2, -0.15) is 5.10 Å². The number of nitrogens with one attached hydrogen (secondary N) is 2. The van der Waals surface area contributed by atoms with Gasteiger partial charge in [-0.15, -0.1) is 5.10 Å². The molecule has 0 unspecified atom stereocenters. The van der Waals surface area contributed by atoms with Crippen molar-refractivity contribution in [3.05, 3.63) is 42.1 Å². The molecule has 8 heteroatoms. The Morgan fingerprint density at radius 2 is 1.96 bits per heavy atom. The quantitative estimate of drug-likeness (QED) is 0.603. The van der Waals surface area contributed by atoms with Crippen molar-refractivity contribution < 1.29 is 4.79 Å². The minimum absolute atomic E-state index is 0.110. The molecule has 0 radical (unpaired) electrons. The Morgan fingerprint density at radius 3 is 2.63 bits per heavy atom. The molecule has 3 aromatic rings. The van der Waals surface area contributed by atoms with Crippen LogP contribution in [0.5, 0.6) is 0 Å². The molecule has 7 nitrogen and oxygen atoms in total. The highest BCUT2D eigenvalue weighted by atomic mass is 32.2. The van der Waals surface area contributed by atoms with Gasteiger partial charge in [-0.3, -0.25) is 9.89 Å². The fourth-order valence-corrected chi connectivity index (χ4v) is 3.32. The molecular formula is C19H24N6OS. The lowest BCUT2D eigenvalue weighted by atomic mass is 10.1. The SMILES string of the molecule is CCc1ccc(-c2nc(S[C@H](C)C(=O)Nc3ccnn3C(C)C)n[nH]2)cc1. The van der Waals surface area contributed by atoms with Crippen LogP contribution >= 0.6 is 11.8 Å². The molecule has 0 saturated heterocycles. The minimum Gasteiger partial charge on any atom is -0.310 e. The molecular weight excluding hydrogens is 360 g/mol. The maximum atomic E-state index is 12.5. The highest BCUT2D eigenvalue weighted by molar-refractivity contribution is 8.00. The number of rotatable bonds is 7. The van der Waals surface area contributed by atoms with Crippen molar-refractivity contribution in [3.8, 4) is 11.4 Å². The third-order valence-corrected chi connectivity index (χ3v) is 5.12. The molecule has 0 fully saturated rings. The first-order chi connectivity index (χ1) is 13.0. The first kappa shape index (κ1) is 19.2. The molecule has 0 saturated carbocycles. The van der Waals surface area contributed by atoms with Gasteiger partial charge in [-0.1, -0.05) is 43.0 Å². The molecule has 2 aromatic heterocycles. The second-order valence-electron chi connectivity index (χ2n) is 6.52. The number of aryl methyl sites for hydroxylation is 1. The molecule has 1 amide bonds. The zero-order chi connectivity index (χ0) is 19.4. The summed E-state index contributed by atoms with van der Waals surface area (Å²) in [6, 6.07) is 10.2. The number of hydrogen-bond acceptors (Lipinski definition) is 5. The van der Waals surface area contributed by atoms with Crippen LogP contribution in [0.3, 0.4) is 0 Å². The van der Waals surface area contributed by atoms with Gasteiger partial charge in [0.15, 0.2) is 5.82 Å². The van der Waals surface area contributed by atoms with Gasteiger partial charge in [0, 0.05) is 17.7 Å². The summed E-state index contributed by atoms with van der Waals surface area (Å²) in [5.41, 5.74) is 2.25. The fraction of sp³-hybridized carbons (Fsp3) is 0.368. The van der Waals surface area contributed by atoms with E-state index in [0.717, 1.165) is 12.0 Å². The minimum atomic E-state index is -0.341. The molecule has 142 valence electrons. The summed E-state index contributed by atoms with van der Waals surface area (Å²) in [5.74, 6) is 1.28. The Bertz CT molecular complexity index is 899. The smallest absolute Gasteiger partial charge is 0.238 e. The lowest BCUT2D eigenvalue weighted by Gasteiger charge is -2.14. The zero-order valence-corrected chi connectivity index (χ0v) is 16.7. The molecule has 0 aliphatic heterocycles. The van der Waals surface area contributed by atoms with Gasteiger partial charge in [0.2, 0.25) is 11.1 Å². The Balaban J connectivity index is 1.63. The van der Waals surface area contributed by atoms with Crippen molar-refractivity contribution in [1.82, 2.24) is 25.0 Å². The van der Waals surface area contributed by atoms with Crippen LogP contribution in [0.2, 0.25) is 0 Å². The van der Waals surface area contributed by atoms with Crippen LogP contribution in [0.4, 0.5) is 5.82 Å². The summed E-state index contributed by atoms with van der Waals surface area (Å²) in [7, 11) is 0. The van der Waals surface area contributed by atoms with Crippen molar-refractivity contribution >= 4 is 23.5 Å². The number of thioether (sulfide) groups is 1. The zero-order valence-electron chi connectivity index (χ0n) is 15.9. The number of hydrogen-bond donors (Lipinski definition) is 2. The average molecular weight is 385 g/mol. The molecule has 1 aromatic carbocycles. The molecule has 27 heavy (non-hydrogen) atoms. The van der Waals surface area contributed by atoms with Gasteiger partial charge in [0.1, 0.15) is 5.82 Å². The number of anilines is 1. The molecule has 1 atom stereocenters. The van der Waals surface area contributed by atoms with Gasteiger partial charge in [0.05, 0.1) is 11.4 Å². The van der Waals surface area contributed by atoms with Gasteiger partial charge in [0.25, 0.3) is 0 Å². The van der Waals surface area contributed by atoms with E-state index in [1.165, 1.54) is 17.3 Å². The lowest BCUT2D eigenvalue weighted by Crippen LogP contribution is -2.24. The van der Waals surface area contributed by atoms with E-state index < -0.39 is 0 Å². The number of aromatic nitrogens is 5. The highest BCUT2D eigenvalue weighted by Gasteiger charge is 2.19. The molecule has 0 bridgehead atoms. The lowest BCUT2D eigenvalue weighted by molar-refractivity contribution is -0.115. The number of nitrogens with zero attached hydrogens (tertiary/aromatic N) is 4. The molecule has 2 heterocycles. The van der Waals surface area contributed by atoms with Crippen LogP contribution in [0.1, 0.15) is 39.3 Å². The number of carbonyl (C=O) groups excluding carboxylic acids is 1. The Morgan fingerprint density at radius 1 is 1.22 bits per heavy atom. The maximum Gasteiger partial charge on any atom is 0.238 e. The van der Waals surface area contributed by atoms with Crippen LogP contribution in [-0.4, -0.2) is 36.1 Å². The molecule has 0 aliphatic rings. The molecule has 2 N–H and O–H groups in total. The second-order valence-corrected chi connectivity index (χ2v) is 7.83. The van der Waals surface area contributed by atoms with E-state index in [1.807, 2.05) is 32.9 Å². The van der Waals surface area contributed by atoms with E-state index >= 15 is 0 Å².